The molecule has 3 heteroatoms. The van der Waals surface area contributed by atoms with Crippen LogP contribution in [0.3, 0.4) is 0 Å². The summed E-state index contributed by atoms with van der Waals surface area (Å²) in [5.74, 6) is 2.29. The summed E-state index contributed by atoms with van der Waals surface area (Å²) in [6.07, 6.45) is 2.57. The van der Waals surface area contributed by atoms with Gasteiger partial charge in [-0.1, -0.05) is 13.3 Å². The van der Waals surface area contributed by atoms with E-state index in [9.17, 15) is 0 Å². The molecule has 0 saturated carbocycles. The zero-order valence-electron chi connectivity index (χ0n) is 7.44. The lowest BCUT2D eigenvalue weighted by molar-refractivity contribution is 0.666. The highest BCUT2D eigenvalue weighted by Gasteiger charge is 1.87. The van der Waals surface area contributed by atoms with E-state index in [1.54, 1.807) is 0 Å². The van der Waals surface area contributed by atoms with E-state index in [2.05, 4.69) is 12.2 Å². The molecule has 3 N–H and O–H groups in total. The smallest absolute Gasteiger partial charge is 0.00585 e. The molecule has 0 aromatic rings. The van der Waals surface area contributed by atoms with E-state index in [1.165, 1.54) is 25.1 Å². The molecule has 0 fully saturated rings. The Kier molecular flexibility index (Phi) is 10.5. The minimum Gasteiger partial charge on any atom is -0.330 e. The van der Waals surface area contributed by atoms with Gasteiger partial charge in [0.15, 0.2) is 0 Å². The molecule has 0 spiro atoms. The molecule has 0 bridgehead atoms. The van der Waals surface area contributed by atoms with Gasteiger partial charge in [0.05, 0.1) is 0 Å². The van der Waals surface area contributed by atoms with Crippen LogP contribution < -0.4 is 11.1 Å². The minimum absolute atomic E-state index is 0.805. The Balaban J connectivity index is 2.69. The number of hydrogen-bond acceptors (Lipinski definition) is 3. The lowest BCUT2D eigenvalue weighted by Gasteiger charge is -2.02. The van der Waals surface area contributed by atoms with Gasteiger partial charge in [0.25, 0.3) is 0 Å². The van der Waals surface area contributed by atoms with Crippen molar-refractivity contribution in [1.29, 1.82) is 0 Å². The van der Waals surface area contributed by atoms with Gasteiger partial charge in [0.2, 0.25) is 0 Å². The number of thioether (sulfide) groups is 1. The molecule has 2 nitrogen and oxygen atoms in total. The van der Waals surface area contributed by atoms with E-state index in [4.69, 9.17) is 5.73 Å². The van der Waals surface area contributed by atoms with Gasteiger partial charge in [-0.15, -0.1) is 0 Å². The second kappa shape index (κ2) is 10.3. The third kappa shape index (κ3) is 10.3. The van der Waals surface area contributed by atoms with Crippen molar-refractivity contribution < 1.29 is 0 Å². The van der Waals surface area contributed by atoms with Crippen molar-refractivity contribution in [3.63, 3.8) is 0 Å². The first kappa shape index (κ1) is 11.3. The van der Waals surface area contributed by atoms with E-state index in [0.29, 0.717) is 0 Å². The Labute approximate surface area is 74.3 Å². The van der Waals surface area contributed by atoms with Crippen LogP contribution in [-0.4, -0.2) is 31.1 Å². The lowest BCUT2D eigenvalue weighted by atomic mass is 10.3. The highest BCUT2D eigenvalue weighted by molar-refractivity contribution is 7.99. The number of nitrogens with one attached hydrogen (secondary N) is 1. The predicted octanol–water partition coefficient (Wildman–Crippen LogP) is 1.07. The summed E-state index contributed by atoms with van der Waals surface area (Å²) >= 11 is 1.92. The summed E-state index contributed by atoms with van der Waals surface area (Å²) in [6, 6.07) is 0. The molecule has 0 aliphatic rings. The molecular formula is C8H20N2S. The molecule has 0 aromatic carbocycles. The largest absolute Gasteiger partial charge is 0.330 e. The summed E-state index contributed by atoms with van der Waals surface area (Å²) in [4.78, 5) is 0. The molecule has 0 aliphatic carbocycles. The monoisotopic (exact) mass is 176 g/mol. The van der Waals surface area contributed by atoms with Crippen molar-refractivity contribution in [3.8, 4) is 0 Å². The van der Waals surface area contributed by atoms with Crippen molar-refractivity contribution in [2.24, 2.45) is 5.73 Å². The average Bonchev–Trinajstić information content (AvgIpc) is 2.03. The Hall–Kier alpha value is 0.270. The van der Waals surface area contributed by atoms with E-state index in [1.807, 2.05) is 11.8 Å². The van der Waals surface area contributed by atoms with Crippen molar-refractivity contribution in [1.82, 2.24) is 5.32 Å². The molecule has 68 valence electrons. The first-order valence-corrected chi connectivity index (χ1v) is 5.55. The third-order valence-corrected chi connectivity index (χ3v) is 2.41. The van der Waals surface area contributed by atoms with Crippen LogP contribution >= 0.6 is 11.8 Å². The molecule has 0 heterocycles. The Bertz CT molecular complexity index is 61.1. The summed E-state index contributed by atoms with van der Waals surface area (Å²) in [6.45, 7) is 5.31. The van der Waals surface area contributed by atoms with Crippen LogP contribution in [-0.2, 0) is 0 Å². The van der Waals surface area contributed by atoms with Crippen LogP contribution in [0.15, 0.2) is 0 Å². The zero-order chi connectivity index (χ0) is 8.36. The van der Waals surface area contributed by atoms with E-state index >= 15 is 0 Å². The van der Waals surface area contributed by atoms with Crippen LogP contribution in [0.1, 0.15) is 19.8 Å². The fraction of sp³-hybridized carbons (Fsp3) is 1.00. The fourth-order valence-electron chi connectivity index (χ4n) is 0.757. The van der Waals surface area contributed by atoms with Crippen molar-refractivity contribution >= 4 is 11.8 Å². The second-order valence-electron chi connectivity index (χ2n) is 2.50. The SMILES string of the molecule is CCCCNCCSCCN. The van der Waals surface area contributed by atoms with Crippen molar-refractivity contribution in [3.05, 3.63) is 0 Å². The standard InChI is InChI=1S/C8H20N2S/c1-2-3-5-10-6-8-11-7-4-9/h10H,2-9H2,1H3. The molecule has 0 aliphatic heterocycles. The quantitative estimate of drug-likeness (QED) is 0.543. The van der Waals surface area contributed by atoms with E-state index in [0.717, 1.165) is 18.8 Å². The van der Waals surface area contributed by atoms with Crippen molar-refractivity contribution in [2.45, 2.75) is 19.8 Å². The van der Waals surface area contributed by atoms with Gasteiger partial charge in [-0.25, -0.2) is 0 Å². The van der Waals surface area contributed by atoms with Crippen LogP contribution in [0.5, 0.6) is 0 Å². The van der Waals surface area contributed by atoms with Gasteiger partial charge in [0, 0.05) is 24.6 Å². The summed E-state index contributed by atoms with van der Waals surface area (Å²) in [7, 11) is 0. The number of rotatable bonds is 8. The summed E-state index contributed by atoms with van der Waals surface area (Å²) in [5.41, 5.74) is 5.35. The van der Waals surface area contributed by atoms with Crippen LogP contribution in [0, 0.1) is 0 Å². The molecule has 0 radical (unpaired) electrons. The first-order valence-electron chi connectivity index (χ1n) is 4.40. The van der Waals surface area contributed by atoms with Gasteiger partial charge in [-0.2, -0.15) is 11.8 Å². The van der Waals surface area contributed by atoms with Gasteiger partial charge >= 0.3 is 0 Å². The minimum atomic E-state index is 0.805. The maximum atomic E-state index is 5.35. The van der Waals surface area contributed by atoms with E-state index < -0.39 is 0 Å². The molecule has 0 aromatic heterocycles. The average molecular weight is 176 g/mol. The van der Waals surface area contributed by atoms with Crippen molar-refractivity contribution in [2.75, 3.05) is 31.1 Å². The summed E-state index contributed by atoms with van der Waals surface area (Å²) in [5, 5.41) is 3.38. The third-order valence-electron chi connectivity index (χ3n) is 1.39. The first-order chi connectivity index (χ1) is 5.41. The Morgan fingerprint density at radius 3 is 2.73 bits per heavy atom. The molecular weight excluding hydrogens is 156 g/mol. The number of hydrogen-bond donors (Lipinski definition) is 2. The Morgan fingerprint density at radius 1 is 1.27 bits per heavy atom. The van der Waals surface area contributed by atoms with Gasteiger partial charge in [-0.05, 0) is 13.0 Å². The topological polar surface area (TPSA) is 38.0 Å². The van der Waals surface area contributed by atoms with Crippen LogP contribution in [0.25, 0.3) is 0 Å². The predicted molar refractivity (Wildman–Crippen MR) is 54.2 cm³/mol. The zero-order valence-corrected chi connectivity index (χ0v) is 8.25. The molecule has 0 unspecified atom stereocenters. The van der Waals surface area contributed by atoms with Gasteiger partial charge < -0.3 is 11.1 Å². The highest BCUT2D eigenvalue weighted by atomic mass is 32.2. The lowest BCUT2D eigenvalue weighted by Crippen LogP contribution is -2.18. The molecule has 0 saturated heterocycles. The molecule has 11 heavy (non-hydrogen) atoms. The fourth-order valence-corrected chi connectivity index (χ4v) is 1.42. The van der Waals surface area contributed by atoms with Gasteiger partial charge in [0.1, 0.15) is 0 Å². The molecule has 0 atom stereocenters. The van der Waals surface area contributed by atoms with Crippen LogP contribution in [0.2, 0.25) is 0 Å². The molecule has 0 rings (SSSR count). The van der Waals surface area contributed by atoms with Gasteiger partial charge in [-0.3, -0.25) is 0 Å². The van der Waals surface area contributed by atoms with Crippen LogP contribution in [0.4, 0.5) is 0 Å². The summed E-state index contributed by atoms with van der Waals surface area (Å²) < 4.78 is 0. The maximum absolute atomic E-state index is 5.35. The molecule has 0 amide bonds. The number of nitrogens with two attached hydrogens (primary N) is 1. The second-order valence-corrected chi connectivity index (χ2v) is 3.73. The van der Waals surface area contributed by atoms with E-state index in [-0.39, 0.29) is 0 Å². The normalized spacial score (nSPS) is 10.4. The highest BCUT2D eigenvalue weighted by Crippen LogP contribution is 1.94. The maximum Gasteiger partial charge on any atom is 0.00585 e. The Morgan fingerprint density at radius 2 is 2.09 bits per heavy atom. The number of unbranched alkanes of at least 4 members (excludes halogenated alkanes) is 1.